The Kier molecular flexibility index (Phi) is 3.10. The summed E-state index contributed by atoms with van der Waals surface area (Å²) >= 11 is 0. The predicted octanol–water partition coefficient (Wildman–Crippen LogP) is 2.11. The van der Waals surface area contributed by atoms with E-state index in [1.54, 1.807) is 13.0 Å². The molecule has 1 aromatic heterocycles. The Bertz CT molecular complexity index is 607. The van der Waals surface area contributed by atoms with Gasteiger partial charge >= 0.3 is 5.97 Å². The highest BCUT2D eigenvalue weighted by Crippen LogP contribution is 2.24. The number of aromatic nitrogens is 3. The van der Waals surface area contributed by atoms with Gasteiger partial charge in [0.15, 0.2) is 5.69 Å². The highest BCUT2D eigenvalue weighted by Gasteiger charge is 2.20. The van der Waals surface area contributed by atoms with Crippen molar-refractivity contribution in [2.45, 2.75) is 20.4 Å². The van der Waals surface area contributed by atoms with Gasteiger partial charge in [0, 0.05) is 12.1 Å². The van der Waals surface area contributed by atoms with E-state index in [2.05, 4.69) is 10.3 Å². The van der Waals surface area contributed by atoms with Gasteiger partial charge in [-0.2, -0.15) is 0 Å². The second-order valence-corrected chi connectivity index (χ2v) is 3.87. The molecule has 0 unspecified atom stereocenters. The topological polar surface area (TPSA) is 68.0 Å². The van der Waals surface area contributed by atoms with E-state index in [1.807, 2.05) is 6.92 Å². The first-order chi connectivity index (χ1) is 8.54. The molecule has 0 atom stereocenters. The number of nitrogens with zero attached hydrogens (tertiary/aromatic N) is 3. The highest BCUT2D eigenvalue weighted by molar-refractivity contribution is 5.92. The SMILES string of the molecule is CCn1nnc(C(=O)O)c1-c1ccc(F)c(C)c1. The van der Waals surface area contributed by atoms with Crippen LogP contribution in [0, 0.1) is 12.7 Å². The van der Waals surface area contributed by atoms with Crippen molar-refractivity contribution >= 4 is 5.97 Å². The fraction of sp³-hybridized carbons (Fsp3) is 0.250. The van der Waals surface area contributed by atoms with E-state index < -0.39 is 5.97 Å². The van der Waals surface area contributed by atoms with Gasteiger partial charge in [-0.25, -0.2) is 13.9 Å². The smallest absolute Gasteiger partial charge is 0.358 e. The minimum absolute atomic E-state index is 0.122. The number of halogens is 1. The van der Waals surface area contributed by atoms with Crippen molar-refractivity contribution in [3.63, 3.8) is 0 Å². The third kappa shape index (κ3) is 1.97. The zero-order valence-electron chi connectivity index (χ0n) is 10.0. The quantitative estimate of drug-likeness (QED) is 0.904. The van der Waals surface area contributed by atoms with Crippen LogP contribution < -0.4 is 0 Å². The molecule has 1 aromatic carbocycles. The number of aryl methyl sites for hydroxylation is 2. The van der Waals surface area contributed by atoms with Gasteiger partial charge in [-0.05, 0) is 37.6 Å². The summed E-state index contributed by atoms with van der Waals surface area (Å²) in [6.45, 7) is 3.95. The van der Waals surface area contributed by atoms with E-state index in [1.165, 1.54) is 16.8 Å². The summed E-state index contributed by atoms with van der Waals surface area (Å²) in [7, 11) is 0. The average Bonchev–Trinajstić information content (AvgIpc) is 2.76. The average molecular weight is 249 g/mol. The van der Waals surface area contributed by atoms with Crippen molar-refractivity contribution in [1.82, 2.24) is 15.0 Å². The molecule has 5 nitrogen and oxygen atoms in total. The van der Waals surface area contributed by atoms with Crippen molar-refractivity contribution < 1.29 is 14.3 Å². The molecule has 1 heterocycles. The molecule has 0 fully saturated rings. The van der Waals surface area contributed by atoms with E-state index in [-0.39, 0.29) is 11.5 Å². The molecule has 2 rings (SSSR count). The van der Waals surface area contributed by atoms with E-state index in [9.17, 15) is 9.18 Å². The van der Waals surface area contributed by atoms with Crippen molar-refractivity contribution in [3.8, 4) is 11.3 Å². The lowest BCUT2D eigenvalue weighted by atomic mass is 10.1. The second kappa shape index (κ2) is 4.56. The Balaban J connectivity index is 2.64. The molecule has 0 aliphatic rings. The summed E-state index contributed by atoms with van der Waals surface area (Å²) in [6.07, 6.45) is 0. The van der Waals surface area contributed by atoms with Crippen LogP contribution in [0.4, 0.5) is 4.39 Å². The lowest BCUT2D eigenvalue weighted by Crippen LogP contribution is -2.03. The molecule has 0 spiro atoms. The Morgan fingerprint density at radius 1 is 1.50 bits per heavy atom. The maximum Gasteiger partial charge on any atom is 0.358 e. The first-order valence-corrected chi connectivity index (χ1v) is 5.48. The third-order valence-corrected chi connectivity index (χ3v) is 2.67. The maximum absolute atomic E-state index is 13.2. The standard InChI is InChI=1S/C12H12FN3O2/c1-3-16-11(10(12(17)18)14-15-16)8-4-5-9(13)7(2)6-8/h4-6H,3H2,1-2H3,(H,17,18). The number of carboxylic acid groups (broad SMARTS) is 1. The van der Waals surface area contributed by atoms with Crippen LogP contribution in [0.1, 0.15) is 23.0 Å². The summed E-state index contributed by atoms with van der Waals surface area (Å²) in [4.78, 5) is 11.1. The summed E-state index contributed by atoms with van der Waals surface area (Å²) < 4.78 is 14.7. The Morgan fingerprint density at radius 2 is 2.22 bits per heavy atom. The number of carbonyl (C=O) groups is 1. The zero-order valence-corrected chi connectivity index (χ0v) is 10.0. The molecule has 0 aliphatic heterocycles. The number of hydrogen-bond acceptors (Lipinski definition) is 3. The monoisotopic (exact) mass is 249 g/mol. The van der Waals surface area contributed by atoms with Gasteiger partial charge in [0.25, 0.3) is 0 Å². The van der Waals surface area contributed by atoms with E-state index in [0.29, 0.717) is 23.4 Å². The molecular weight excluding hydrogens is 237 g/mol. The number of hydrogen-bond donors (Lipinski definition) is 1. The molecule has 0 radical (unpaired) electrons. The zero-order chi connectivity index (χ0) is 13.3. The van der Waals surface area contributed by atoms with Gasteiger partial charge < -0.3 is 5.11 Å². The van der Waals surface area contributed by atoms with Crippen LogP contribution in [0.5, 0.6) is 0 Å². The number of rotatable bonds is 3. The van der Waals surface area contributed by atoms with Crippen molar-refractivity contribution in [2.75, 3.05) is 0 Å². The fourth-order valence-corrected chi connectivity index (χ4v) is 1.76. The highest BCUT2D eigenvalue weighted by atomic mass is 19.1. The van der Waals surface area contributed by atoms with E-state index in [4.69, 9.17) is 5.11 Å². The van der Waals surface area contributed by atoms with Crippen LogP contribution in [-0.2, 0) is 6.54 Å². The van der Waals surface area contributed by atoms with Crippen molar-refractivity contribution in [2.24, 2.45) is 0 Å². The molecule has 6 heteroatoms. The van der Waals surface area contributed by atoms with Crippen LogP contribution >= 0.6 is 0 Å². The van der Waals surface area contributed by atoms with Crippen LogP contribution in [0.3, 0.4) is 0 Å². The fourth-order valence-electron chi connectivity index (χ4n) is 1.76. The lowest BCUT2D eigenvalue weighted by molar-refractivity contribution is 0.0691. The Morgan fingerprint density at radius 3 is 2.78 bits per heavy atom. The minimum Gasteiger partial charge on any atom is -0.476 e. The minimum atomic E-state index is -1.15. The van der Waals surface area contributed by atoms with E-state index in [0.717, 1.165) is 0 Å². The molecule has 2 aromatic rings. The van der Waals surface area contributed by atoms with Gasteiger partial charge in [-0.1, -0.05) is 5.21 Å². The van der Waals surface area contributed by atoms with Crippen LogP contribution in [-0.4, -0.2) is 26.1 Å². The summed E-state index contributed by atoms with van der Waals surface area (Å²) in [6, 6.07) is 4.43. The molecule has 0 bridgehead atoms. The molecule has 0 saturated heterocycles. The Hall–Kier alpha value is -2.24. The molecule has 18 heavy (non-hydrogen) atoms. The van der Waals surface area contributed by atoms with Gasteiger partial charge in [-0.15, -0.1) is 5.10 Å². The largest absolute Gasteiger partial charge is 0.476 e. The van der Waals surface area contributed by atoms with Gasteiger partial charge in [-0.3, -0.25) is 0 Å². The molecule has 1 N–H and O–H groups in total. The first-order valence-electron chi connectivity index (χ1n) is 5.48. The second-order valence-electron chi connectivity index (χ2n) is 3.87. The number of aromatic carboxylic acids is 1. The number of benzene rings is 1. The van der Waals surface area contributed by atoms with Gasteiger partial charge in [0.2, 0.25) is 0 Å². The van der Waals surface area contributed by atoms with Gasteiger partial charge in [0.05, 0.1) is 0 Å². The van der Waals surface area contributed by atoms with E-state index >= 15 is 0 Å². The van der Waals surface area contributed by atoms with Crippen molar-refractivity contribution in [1.29, 1.82) is 0 Å². The summed E-state index contributed by atoms with van der Waals surface area (Å²) in [5.74, 6) is -1.47. The molecule has 0 amide bonds. The van der Waals surface area contributed by atoms with Gasteiger partial charge in [0.1, 0.15) is 11.5 Å². The molecule has 94 valence electrons. The normalized spacial score (nSPS) is 10.6. The Labute approximate surface area is 103 Å². The third-order valence-electron chi connectivity index (χ3n) is 2.67. The van der Waals surface area contributed by atoms with Crippen molar-refractivity contribution in [3.05, 3.63) is 35.3 Å². The maximum atomic E-state index is 13.2. The van der Waals surface area contributed by atoms with Crippen LogP contribution in [0.2, 0.25) is 0 Å². The first kappa shape index (κ1) is 12.2. The molecular formula is C12H12FN3O2. The molecule has 0 saturated carbocycles. The van der Waals surface area contributed by atoms with Crippen LogP contribution in [0.25, 0.3) is 11.3 Å². The summed E-state index contributed by atoms with van der Waals surface area (Å²) in [5.41, 5.74) is 1.32. The predicted molar refractivity (Wildman–Crippen MR) is 62.8 cm³/mol. The van der Waals surface area contributed by atoms with Crippen LogP contribution in [0.15, 0.2) is 18.2 Å². The number of carboxylic acids is 1. The molecule has 0 aliphatic carbocycles. The lowest BCUT2D eigenvalue weighted by Gasteiger charge is -2.06. The summed E-state index contributed by atoms with van der Waals surface area (Å²) in [5, 5.41) is 16.5.